The quantitative estimate of drug-likeness (QED) is 0.586. The summed E-state index contributed by atoms with van der Waals surface area (Å²) in [6.07, 6.45) is 0. The van der Waals surface area contributed by atoms with Crippen LogP contribution in [-0.4, -0.2) is 11.7 Å². The van der Waals surface area contributed by atoms with Crippen molar-refractivity contribution in [3.8, 4) is 5.75 Å². The first-order chi connectivity index (χ1) is 12.8. The smallest absolute Gasteiger partial charge is 0.178 e. The molecule has 132 valence electrons. The molecule has 26 heavy (non-hydrogen) atoms. The van der Waals surface area contributed by atoms with Gasteiger partial charge < -0.3 is 15.0 Å². The zero-order valence-electron chi connectivity index (χ0n) is 14.8. The molecule has 3 aromatic rings. The van der Waals surface area contributed by atoms with Gasteiger partial charge in [-0.2, -0.15) is 0 Å². The minimum atomic E-state index is 0.657. The van der Waals surface area contributed by atoms with Crippen LogP contribution in [0, 0.1) is 0 Å². The minimum absolute atomic E-state index is 0.657. The van der Waals surface area contributed by atoms with Crippen molar-refractivity contribution in [2.45, 2.75) is 13.5 Å². The lowest BCUT2D eigenvalue weighted by Gasteiger charge is -2.26. The Labute approximate surface area is 160 Å². The van der Waals surface area contributed by atoms with Crippen LogP contribution in [0.3, 0.4) is 0 Å². The summed E-state index contributed by atoms with van der Waals surface area (Å²) in [7, 11) is 0. The molecule has 3 nitrogen and oxygen atoms in total. The summed E-state index contributed by atoms with van der Waals surface area (Å²) in [5.74, 6) is 0.855. The Kier molecular flexibility index (Phi) is 6.23. The molecule has 4 heteroatoms. The molecule has 0 aromatic heterocycles. The van der Waals surface area contributed by atoms with Gasteiger partial charge in [0.15, 0.2) is 5.11 Å². The molecule has 0 aliphatic heterocycles. The maximum Gasteiger partial charge on any atom is 0.178 e. The number of thiocarbonyl (C=S) groups is 1. The summed E-state index contributed by atoms with van der Waals surface area (Å²) in [5.41, 5.74) is 3.19. The van der Waals surface area contributed by atoms with E-state index >= 15 is 0 Å². The average molecular weight is 362 g/mol. The highest BCUT2D eigenvalue weighted by Gasteiger charge is 2.13. The van der Waals surface area contributed by atoms with E-state index in [-0.39, 0.29) is 0 Å². The third-order valence-electron chi connectivity index (χ3n) is 3.91. The lowest BCUT2D eigenvalue weighted by molar-refractivity contribution is 0.340. The van der Waals surface area contributed by atoms with Gasteiger partial charge >= 0.3 is 0 Å². The molecule has 0 bridgehead atoms. The Balaban J connectivity index is 1.78. The first kappa shape index (κ1) is 18.0. The maximum atomic E-state index is 5.71. The highest BCUT2D eigenvalue weighted by atomic mass is 32.1. The van der Waals surface area contributed by atoms with Gasteiger partial charge in [0.25, 0.3) is 0 Å². The fourth-order valence-corrected chi connectivity index (χ4v) is 2.93. The average Bonchev–Trinajstić information content (AvgIpc) is 2.69. The zero-order chi connectivity index (χ0) is 18.2. The lowest BCUT2D eigenvalue weighted by Crippen LogP contribution is -2.34. The number of rotatable bonds is 6. The fourth-order valence-electron chi connectivity index (χ4n) is 2.65. The van der Waals surface area contributed by atoms with Gasteiger partial charge in [0.05, 0.1) is 13.2 Å². The van der Waals surface area contributed by atoms with Crippen LogP contribution in [0.15, 0.2) is 84.9 Å². The first-order valence-corrected chi connectivity index (χ1v) is 9.07. The molecule has 0 saturated carbocycles. The number of nitrogens with one attached hydrogen (secondary N) is 1. The van der Waals surface area contributed by atoms with E-state index < -0.39 is 0 Å². The van der Waals surface area contributed by atoms with E-state index in [1.807, 2.05) is 67.6 Å². The molecule has 3 rings (SSSR count). The summed E-state index contributed by atoms with van der Waals surface area (Å²) in [6, 6.07) is 28.3. The molecular weight excluding hydrogens is 340 g/mol. The molecule has 0 unspecified atom stereocenters. The van der Waals surface area contributed by atoms with E-state index in [9.17, 15) is 0 Å². The second-order valence-electron chi connectivity index (χ2n) is 5.79. The Morgan fingerprint density at radius 1 is 0.885 bits per heavy atom. The minimum Gasteiger partial charge on any atom is -0.494 e. The molecule has 0 saturated heterocycles. The van der Waals surface area contributed by atoms with Gasteiger partial charge in [-0.15, -0.1) is 0 Å². The highest BCUT2D eigenvalue weighted by Crippen LogP contribution is 2.20. The van der Waals surface area contributed by atoms with Gasteiger partial charge in [0.2, 0.25) is 0 Å². The number of para-hydroxylation sites is 1. The van der Waals surface area contributed by atoms with Gasteiger partial charge in [-0.1, -0.05) is 48.5 Å². The molecule has 0 amide bonds. The maximum absolute atomic E-state index is 5.71. The molecule has 0 spiro atoms. The van der Waals surface area contributed by atoms with Crippen molar-refractivity contribution in [1.82, 2.24) is 0 Å². The van der Waals surface area contributed by atoms with E-state index in [4.69, 9.17) is 17.0 Å². The number of ether oxygens (including phenoxy) is 1. The molecule has 0 fully saturated rings. The van der Waals surface area contributed by atoms with Gasteiger partial charge in [-0.05, 0) is 61.1 Å². The highest BCUT2D eigenvalue weighted by molar-refractivity contribution is 7.80. The predicted molar refractivity (Wildman–Crippen MR) is 113 cm³/mol. The third-order valence-corrected chi connectivity index (χ3v) is 4.24. The molecule has 0 radical (unpaired) electrons. The topological polar surface area (TPSA) is 24.5 Å². The molecular formula is C22H22N2OS. The zero-order valence-corrected chi connectivity index (χ0v) is 15.6. The van der Waals surface area contributed by atoms with E-state index in [1.165, 1.54) is 5.56 Å². The first-order valence-electron chi connectivity index (χ1n) is 8.66. The van der Waals surface area contributed by atoms with Crippen LogP contribution < -0.4 is 15.0 Å². The number of benzene rings is 3. The van der Waals surface area contributed by atoms with Crippen molar-refractivity contribution in [3.63, 3.8) is 0 Å². The molecule has 0 atom stereocenters. The van der Waals surface area contributed by atoms with Crippen LogP contribution in [0.1, 0.15) is 12.5 Å². The fraction of sp³-hybridized carbons (Fsp3) is 0.136. The van der Waals surface area contributed by atoms with Gasteiger partial charge in [0.1, 0.15) is 5.75 Å². The number of hydrogen-bond donors (Lipinski definition) is 1. The molecule has 1 N–H and O–H groups in total. The summed E-state index contributed by atoms with van der Waals surface area (Å²) in [6.45, 7) is 3.33. The number of nitrogens with zero attached hydrogens (tertiary/aromatic N) is 1. The second-order valence-corrected chi connectivity index (χ2v) is 6.18. The normalized spacial score (nSPS) is 10.2. The van der Waals surface area contributed by atoms with Crippen LogP contribution in [0.25, 0.3) is 0 Å². The van der Waals surface area contributed by atoms with Crippen LogP contribution in [0.2, 0.25) is 0 Å². The Hall–Kier alpha value is -2.85. The van der Waals surface area contributed by atoms with Crippen LogP contribution in [0.5, 0.6) is 5.75 Å². The van der Waals surface area contributed by atoms with Crippen molar-refractivity contribution < 1.29 is 4.74 Å². The molecule has 0 aliphatic rings. The summed E-state index contributed by atoms with van der Waals surface area (Å²) in [5, 5.41) is 3.99. The summed E-state index contributed by atoms with van der Waals surface area (Å²) < 4.78 is 5.49. The summed E-state index contributed by atoms with van der Waals surface area (Å²) in [4.78, 5) is 2.10. The van der Waals surface area contributed by atoms with Gasteiger partial charge in [-0.25, -0.2) is 0 Å². The van der Waals surface area contributed by atoms with Crippen LogP contribution in [0.4, 0.5) is 11.4 Å². The van der Waals surface area contributed by atoms with Crippen molar-refractivity contribution in [2.75, 3.05) is 16.8 Å². The monoisotopic (exact) mass is 362 g/mol. The van der Waals surface area contributed by atoms with E-state index in [2.05, 4.69) is 34.5 Å². The Morgan fingerprint density at radius 3 is 2.12 bits per heavy atom. The van der Waals surface area contributed by atoms with Crippen molar-refractivity contribution in [1.29, 1.82) is 0 Å². The standard InChI is InChI=1S/C22H22N2OS/c1-2-25-21-15-13-19(14-16-21)23-22(26)24(20-11-7-4-8-12-20)17-18-9-5-3-6-10-18/h3-16H,2,17H2,1H3,(H,23,26). The molecule has 0 aliphatic carbocycles. The molecule has 3 aromatic carbocycles. The number of hydrogen-bond acceptors (Lipinski definition) is 2. The van der Waals surface area contributed by atoms with Crippen LogP contribution in [-0.2, 0) is 6.54 Å². The van der Waals surface area contributed by atoms with E-state index in [0.717, 1.165) is 17.1 Å². The Bertz CT molecular complexity index is 820. The Morgan fingerprint density at radius 2 is 1.50 bits per heavy atom. The van der Waals surface area contributed by atoms with Crippen molar-refractivity contribution in [3.05, 3.63) is 90.5 Å². The summed E-state index contributed by atoms with van der Waals surface area (Å²) >= 11 is 5.71. The van der Waals surface area contributed by atoms with Crippen LogP contribution >= 0.6 is 12.2 Å². The predicted octanol–water partition coefficient (Wildman–Crippen LogP) is 5.49. The third kappa shape index (κ3) is 4.83. The number of anilines is 2. The van der Waals surface area contributed by atoms with E-state index in [1.54, 1.807) is 0 Å². The molecule has 0 heterocycles. The largest absolute Gasteiger partial charge is 0.494 e. The van der Waals surface area contributed by atoms with Gasteiger partial charge in [0, 0.05) is 11.4 Å². The van der Waals surface area contributed by atoms with Gasteiger partial charge in [-0.3, -0.25) is 0 Å². The van der Waals surface area contributed by atoms with Crippen molar-refractivity contribution in [2.24, 2.45) is 0 Å². The SMILES string of the molecule is CCOc1ccc(NC(=S)N(Cc2ccccc2)c2ccccc2)cc1. The van der Waals surface area contributed by atoms with E-state index in [0.29, 0.717) is 18.3 Å². The lowest BCUT2D eigenvalue weighted by atomic mass is 10.2. The van der Waals surface area contributed by atoms with Crippen molar-refractivity contribution >= 4 is 28.7 Å². The second kappa shape index (κ2) is 9.02.